The van der Waals surface area contributed by atoms with E-state index in [0.717, 1.165) is 5.56 Å². The van der Waals surface area contributed by atoms with Crippen LogP contribution in [-0.4, -0.2) is 64.6 Å². The van der Waals surface area contributed by atoms with E-state index in [1.54, 1.807) is 18.2 Å². The van der Waals surface area contributed by atoms with Gasteiger partial charge in [0.05, 0.1) is 20.3 Å². The second-order valence-corrected chi connectivity index (χ2v) is 9.31. The maximum atomic E-state index is 13.0. The van der Waals surface area contributed by atoms with Crippen molar-refractivity contribution in [3.05, 3.63) is 59.7 Å². The quantitative estimate of drug-likeness (QED) is 0.423. The summed E-state index contributed by atoms with van der Waals surface area (Å²) < 4.78 is 43.2. The Bertz CT molecular complexity index is 1160. The summed E-state index contributed by atoms with van der Waals surface area (Å²) in [6, 6.07) is 11.8. The lowest BCUT2D eigenvalue weighted by atomic mass is 10.2. The van der Waals surface area contributed by atoms with Gasteiger partial charge in [0.25, 0.3) is 11.8 Å². The molecule has 34 heavy (non-hydrogen) atoms. The number of rotatable bonds is 8. The molecule has 2 aromatic rings. The fraction of sp³-hybridized carbons (Fsp3) is 0.304. The molecule has 1 heterocycles. The average Bonchev–Trinajstić information content (AvgIpc) is 2.85. The molecule has 10 nitrogen and oxygen atoms in total. The molecule has 1 saturated heterocycles. The maximum absolute atomic E-state index is 13.0. The van der Waals surface area contributed by atoms with E-state index in [1.165, 1.54) is 35.7 Å². The third kappa shape index (κ3) is 6.80. The first-order chi connectivity index (χ1) is 16.3. The molecule has 0 atom stereocenters. The number of aryl methyl sites for hydroxylation is 1. The Morgan fingerprint density at radius 3 is 2.59 bits per heavy atom. The second kappa shape index (κ2) is 11.6. The van der Waals surface area contributed by atoms with Gasteiger partial charge >= 0.3 is 0 Å². The van der Waals surface area contributed by atoms with Gasteiger partial charge in [0.15, 0.2) is 6.61 Å². The molecule has 0 aromatic heterocycles. The minimum absolute atomic E-state index is 0.000980. The number of nitrogens with one attached hydrogen (secondary N) is 2. The first-order valence-corrected chi connectivity index (χ1v) is 12.0. The van der Waals surface area contributed by atoms with Crippen molar-refractivity contribution >= 4 is 27.9 Å². The standard InChI is InChI=1S/C23H27N3O7S/c1-17-4-3-5-19(14-17)33-16-23(28)25-24-22(27)9-7-18-6-8-20(31-2)21(15-18)34(29,30)26-10-12-32-13-11-26/h3-9,14-15H,10-13,16H2,1-2H3,(H,24,27)(H,25,28). The average molecular weight is 490 g/mol. The summed E-state index contributed by atoms with van der Waals surface area (Å²) in [6.07, 6.45) is 2.61. The number of carbonyl (C=O) groups excluding carboxylic acids is 2. The Balaban J connectivity index is 1.58. The Labute approximate surface area is 198 Å². The molecule has 0 spiro atoms. The van der Waals surface area contributed by atoms with E-state index in [9.17, 15) is 18.0 Å². The van der Waals surface area contributed by atoms with Gasteiger partial charge in [0.1, 0.15) is 16.4 Å². The van der Waals surface area contributed by atoms with E-state index < -0.39 is 21.8 Å². The highest BCUT2D eigenvalue weighted by atomic mass is 32.2. The first kappa shape index (κ1) is 25.2. The van der Waals surface area contributed by atoms with Gasteiger partial charge in [-0.05, 0) is 48.4 Å². The van der Waals surface area contributed by atoms with Crippen LogP contribution in [0, 0.1) is 6.92 Å². The minimum Gasteiger partial charge on any atom is -0.495 e. The van der Waals surface area contributed by atoms with Crippen LogP contribution in [0.15, 0.2) is 53.4 Å². The molecule has 0 bridgehead atoms. The highest BCUT2D eigenvalue weighted by Crippen LogP contribution is 2.28. The molecule has 2 N–H and O–H groups in total. The number of ether oxygens (including phenoxy) is 3. The van der Waals surface area contributed by atoms with E-state index in [4.69, 9.17) is 14.2 Å². The third-order valence-electron chi connectivity index (χ3n) is 4.89. The van der Waals surface area contributed by atoms with Crippen LogP contribution in [-0.2, 0) is 24.3 Å². The van der Waals surface area contributed by atoms with E-state index in [0.29, 0.717) is 24.5 Å². The topological polar surface area (TPSA) is 123 Å². The summed E-state index contributed by atoms with van der Waals surface area (Å²) in [5.74, 6) is -0.387. The van der Waals surface area contributed by atoms with Crippen LogP contribution < -0.4 is 20.3 Å². The molecule has 0 unspecified atom stereocenters. The van der Waals surface area contributed by atoms with Crippen LogP contribution in [0.5, 0.6) is 11.5 Å². The number of benzene rings is 2. The smallest absolute Gasteiger partial charge is 0.276 e. The Morgan fingerprint density at radius 2 is 1.88 bits per heavy atom. The van der Waals surface area contributed by atoms with Crippen molar-refractivity contribution < 1.29 is 32.2 Å². The van der Waals surface area contributed by atoms with Gasteiger partial charge in [0.2, 0.25) is 10.0 Å². The van der Waals surface area contributed by atoms with Crippen LogP contribution in [0.3, 0.4) is 0 Å². The number of hydrogen-bond acceptors (Lipinski definition) is 7. The number of carbonyl (C=O) groups is 2. The number of hydrazine groups is 1. The molecule has 0 aliphatic carbocycles. The summed E-state index contributed by atoms with van der Waals surface area (Å²) in [6.45, 7) is 2.78. The number of sulfonamides is 1. The molecule has 182 valence electrons. The molecule has 1 aliphatic rings. The Kier molecular flexibility index (Phi) is 8.63. The third-order valence-corrected chi connectivity index (χ3v) is 6.81. The van der Waals surface area contributed by atoms with Crippen molar-refractivity contribution in [1.82, 2.24) is 15.2 Å². The Morgan fingerprint density at radius 1 is 1.12 bits per heavy atom. The molecule has 3 rings (SSSR count). The highest BCUT2D eigenvalue weighted by molar-refractivity contribution is 7.89. The lowest BCUT2D eigenvalue weighted by Gasteiger charge is -2.26. The SMILES string of the molecule is COc1ccc(C=CC(=O)NNC(=O)COc2cccc(C)c2)cc1S(=O)(=O)N1CCOCC1. The molecule has 0 saturated carbocycles. The fourth-order valence-corrected chi connectivity index (χ4v) is 4.76. The molecule has 1 aliphatic heterocycles. The van der Waals surface area contributed by atoms with Gasteiger partial charge < -0.3 is 14.2 Å². The second-order valence-electron chi connectivity index (χ2n) is 7.40. The van der Waals surface area contributed by atoms with Crippen LogP contribution in [0.4, 0.5) is 0 Å². The molecular formula is C23H27N3O7S. The largest absolute Gasteiger partial charge is 0.495 e. The molecule has 11 heteroatoms. The predicted octanol–water partition coefficient (Wildman–Crippen LogP) is 1.26. The zero-order valence-electron chi connectivity index (χ0n) is 18.9. The van der Waals surface area contributed by atoms with Crippen LogP contribution in [0.1, 0.15) is 11.1 Å². The number of nitrogens with zero attached hydrogens (tertiary/aromatic N) is 1. The maximum Gasteiger partial charge on any atom is 0.276 e. The number of methoxy groups -OCH3 is 1. The van der Waals surface area contributed by atoms with Gasteiger partial charge in [-0.1, -0.05) is 18.2 Å². The fourth-order valence-electron chi connectivity index (χ4n) is 3.16. The summed E-state index contributed by atoms with van der Waals surface area (Å²) >= 11 is 0. The zero-order chi connectivity index (χ0) is 24.6. The molecular weight excluding hydrogens is 462 g/mol. The number of morpholine rings is 1. The summed E-state index contributed by atoms with van der Waals surface area (Å²) in [4.78, 5) is 24.0. The normalized spacial score (nSPS) is 14.5. The molecule has 1 fully saturated rings. The summed E-state index contributed by atoms with van der Waals surface area (Å²) in [5, 5.41) is 0. The van der Waals surface area contributed by atoms with Crippen molar-refractivity contribution in [3.8, 4) is 11.5 Å². The minimum atomic E-state index is -3.80. The summed E-state index contributed by atoms with van der Waals surface area (Å²) in [7, 11) is -2.41. The number of amides is 2. The van der Waals surface area contributed by atoms with Crippen molar-refractivity contribution in [2.45, 2.75) is 11.8 Å². The van der Waals surface area contributed by atoms with Crippen LogP contribution in [0.25, 0.3) is 6.08 Å². The van der Waals surface area contributed by atoms with Gasteiger partial charge in [0, 0.05) is 19.2 Å². The monoisotopic (exact) mass is 489 g/mol. The van der Waals surface area contributed by atoms with Gasteiger partial charge in [-0.15, -0.1) is 0 Å². The molecule has 2 aromatic carbocycles. The van der Waals surface area contributed by atoms with Crippen molar-refractivity contribution in [2.24, 2.45) is 0 Å². The van der Waals surface area contributed by atoms with Crippen molar-refractivity contribution in [2.75, 3.05) is 40.0 Å². The van der Waals surface area contributed by atoms with E-state index in [1.807, 2.05) is 19.1 Å². The van der Waals surface area contributed by atoms with E-state index in [2.05, 4.69) is 10.9 Å². The van der Waals surface area contributed by atoms with Gasteiger partial charge in [-0.25, -0.2) is 8.42 Å². The lowest BCUT2D eigenvalue weighted by Crippen LogP contribution is -2.43. The summed E-state index contributed by atoms with van der Waals surface area (Å²) in [5.41, 5.74) is 5.97. The van der Waals surface area contributed by atoms with Crippen molar-refractivity contribution in [1.29, 1.82) is 0 Å². The predicted molar refractivity (Wildman–Crippen MR) is 125 cm³/mol. The van der Waals surface area contributed by atoms with Crippen LogP contribution >= 0.6 is 0 Å². The Hall–Kier alpha value is -3.41. The zero-order valence-corrected chi connectivity index (χ0v) is 19.8. The van der Waals surface area contributed by atoms with Gasteiger partial charge in [-0.3, -0.25) is 20.4 Å². The number of hydrogen-bond donors (Lipinski definition) is 2. The highest BCUT2D eigenvalue weighted by Gasteiger charge is 2.29. The lowest BCUT2D eigenvalue weighted by molar-refractivity contribution is -0.128. The van der Waals surface area contributed by atoms with Gasteiger partial charge in [-0.2, -0.15) is 4.31 Å². The molecule has 2 amide bonds. The van der Waals surface area contributed by atoms with Crippen LogP contribution in [0.2, 0.25) is 0 Å². The van der Waals surface area contributed by atoms with E-state index >= 15 is 0 Å². The molecule has 0 radical (unpaired) electrons. The first-order valence-electron chi connectivity index (χ1n) is 10.5. The van der Waals surface area contributed by atoms with Crippen molar-refractivity contribution in [3.63, 3.8) is 0 Å². The van der Waals surface area contributed by atoms with E-state index in [-0.39, 0.29) is 30.3 Å².